The number of nitrogens with one attached hydrogen (secondary N) is 2. The smallest absolute Gasteiger partial charge is 0.237 e. The second-order valence-corrected chi connectivity index (χ2v) is 5.06. The molecular weight excluding hydrogens is 250 g/mol. The molecule has 1 aliphatic carbocycles. The van der Waals surface area contributed by atoms with Crippen molar-refractivity contribution >= 4 is 5.91 Å². The molecule has 3 nitrogen and oxygen atoms in total. The molecule has 0 bridgehead atoms. The summed E-state index contributed by atoms with van der Waals surface area (Å²) in [4.78, 5) is 11.8. The molecule has 5 heteroatoms. The van der Waals surface area contributed by atoms with Gasteiger partial charge in [-0.05, 0) is 32.8 Å². The van der Waals surface area contributed by atoms with Gasteiger partial charge in [-0.1, -0.05) is 6.07 Å². The zero-order valence-corrected chi connectivity index (χ0v) is 11.0. The molecule has 0 aromatic heterocycles. The summed E-state index contributed by atoms with van der Waals surface area (Å²) in [6.07, 6.45) is 2.06. The summed E-state index contributed by atoms with van der Waals surface area (Å²) in [5, 5.41) is 5.89. The molecular formula is C14H18F2N2O. The minimum absolute atomic E-state index is 0.0862. The molecule has 0 saturated heterocycles. The number of rotatable bonds is 5. The van der Waals surface area contributed by atoms with Gasteiger partial charge in [-0.25, -0.2) is 8.78 Å². The number of carbonyl (C=O) groups is 1. The van der Waals surface area contributed by atoms with Gasteiger partial charge in [0.1, 0.15) is 11.6 Å². The molecule has 19 heavy (non-hydrogen) atoms. The fourth-order valence-corrected chi connectivity index (χ4v) is 1.95. The SMILES string of the molecule is C[C@H](N[C@H](C)C(=O)NC1CC1)c1ccc(F)cc1F. The molecule has 1 aliphatic rings. The predicted octanol–water partition coefficient (Wildman–Crippen LogP) is 2.28. The molecule has 1 fully saturated rings. The molecule has 0 aliphatic heterocycles. The van der Waals surface area contributed by atoms with E-state index in [1.54, 1.807) is 13.8 Å². The van der Waals surface area contributed by atoms with E-state index < -0.39 is 17.7 Å². The van der Waals surface area contributed by atoms with Crippen LogP contribution in [0.4, 0.5) is 8.78 Å². The van der Waals surface area contributed by atoms with Crippen LogP contribution in [0.3, 0.4) is 0 Å². The lowest BCUT2D eigenvalue weighted by Gasteiger charge is -2.20. The van der Waals surface area contributed by atoms with Crippen LogP contribution in [0.15, 0.2) is 18.2 Å². The summed E-state index contributed by atoms with van der Waals surface area (Å²) < 4.78 is 26.4. The number of halogens is 2. The summed E-state index contributed by atoms with van der Waals surface area (Å²) in [5.74, 6) is -1.29. The van der Waals surface area contributed by atoms with Crippen molar-refractivity contribution in [3.8, 4) is 0 Å². The van der Waals surface area contributed by atoms with Crippen molar-refractivity contribution in [3.05, 3.63) is 35.4 Å². The van der Waals surface area contributed by atoms with Gasteiger partial charge in [0.25, 0.3) is 0 Å². The summed E-state index contributed by atoms with van der Waals surface area (Å²) >= 11 is 0. The molecule has 2 rings (SSSR count). The first kappa shape index (κ1) is 13.9. The average Bonchev–Trinajstić information content (AvgIpc) is 3.12. The Labute approximate surface area is 111 Å². The Kier molecular flexibility index (Phi) is 4.14. The molecule has 0 heterocycles. The Morgan fingerprint density at radius 2 is 2.00 bits per heavy atom. The normalized spacial score (nSPS) is 17.9. The highest BCUT2D eigenvalue weighted by molar-refractivity contribution is 5.81. The van der Waals surface area contributed by atoms with Gasteiger partial charge in [0.05, 0.1) is 6.04 Å². The van der Waals surface area contributed by atoms with Crippen LogP contribution in [0.2, 0.25) is 0 Å². The van der Waals surface area contributed by atoms with Gasteiger partial charge in [0, 0.05) is 23.7 Å². The van der Waals surface area contributed by atoms with Crippen molar-refractivity contribution in [1.29, 1.82) is 0 Å². The first-order valence-electron chi connectivity index (χ1n) is 6.48. The van der Waals surface area contributed by atoms with E-state index in [4.69, 9.17) is 0 Å². The highest BCUT2D eigenvalue weighted by Gasteiger charge is 2.26. The third-order valence-corrected chi connectivity index (χ3v) is 3.25. The largest absolute Gasteiger partial charge is 0.352 e. The van der Waals surface area contributed by atoms with E-state index in [-0.39, 0.29) is 11.9 Å². The second kappa shape index (κ2) is 5.65. The van der Waals surface area contributed by atoms with Crippen molar-refractivity contribution < 1.29 is 13.6 Å². The fraction of sp³-hybridized carbons (Fsp3) is 0.500. The number of amides is 1. The van der Waals surface area contributed by atoms with E-state index in [0.717, 1.165) is 18.9 Å². The average molecular weight is 268 g/mol. The first-order chi connectivity index (χ1) is 8.97. The van der Waals surface area contributed by atoms with Gasteiger partial charge in [0.15, 0.2) is 0 Å². The Hall–Kier alpha value is -1.49. The van der Waals surface area contributed by atoms with Crippen LogP contribution < -0.4 is 10.6 Å². The summed E-state index contributed by atoms with van der Waals surface area (Å²) in [5.41, 5.74) is 0.354. The van der Waals surface area contributed by atoms with Crippen LogP contribution in [0.1, 0.15) is 38.3 Å². The maximum absolute atomic E-state index is 13.6. The minimum atomic E-state index is -0.604. The van der Waals surface area contributed by atoms with Gasteiger partial charge in [-0.3, -0.25) is 10.1 Å². The highest BCUT2D eigenvalue weighted by atomic mass is 19.1. The summed E-state index contributed by atoms with van der Waals surface area (Å²) in [7, 11) is 0. The molecule has 1 saturated carbocycles. The van der Waals surface area contributed by atoms with Gasteiger partial charge >= 0.3 is 0 Å². The maximum Gasteiger partial charge on any atom is 0.237 e. The third-order valence-electron chi connectivity index (χ3n) is 3.25. The topological polar surface area (TPSA) is 41.1 Å². The number of benzene rings is 1. The van der Waals surface area contributed by atoms with E-state index in [1.165, 1.54) is 12.1 Å². The van der Waals surface area contributed by atoms with Crippen molar-refractivity contribution in [2.75, 3.05) is 0 Å². The number of hydrogen-bond acceptors (Lipinski definition) is 2. The van der Waals surface area contributed by atoms with Crippen LogP contribution in [0.25, 0.3) is 0 Å². The van der Waals surface area contributed by atoms with Gasteiger partial charge < -0.3 is 5.32 Å². The molecule has 1 amide bonds. The summed E-state index contributed by atoms with van der Waals surface area (Å²) in [6.45, 7) is 3.48. The number of carbonyl (C=O) groups excluding carboxylic acids is 1. The Morgan fingerprint density at radius 1 is 1.32 bits per heavy atom. The van der Waals surface area contributed by atoms with Crippen LogP contribution in [0, 0.1) is 11.6 Å². The van der Waals surface area contributed by atoms with E-state index in [2.05, 4.69) is 10.6 Å². The Bertz CT molecular complexity index is 475. The minimum Gasteiger partial charge on any atom is -0.352 e. The monoisotopic (exact) mass is 268 g/mol. The molecule has 1 aromatic carbocycles. The van der Waals surface area contributed by atoms with Crippen LogP contribution in [-0.2, 0) is 4.79 Å². The standard InChI is InChI=1S/C14H18F2N2O/c1-8(12-6-3-10(15)7-13(12)16)17-9(2)14(19)18-11-4-5-11/h3,6-9,11,17H,4-5H2,1-2H3,(H,18,19)/t8-,9+/m0/s1. The zero-order chi connectivity index (χ0) is 14.0. The van der Waals surface area contributed by atoms with Gasteiger partial charge in [0.2, 0.25) is 5.91 Å². The van der Waals surface area contributed by atoms with Gasteiger partial charge in [-0.2, -0.15) is 0 Å². The molecule has 2 N–H and O–H groups in total. The lowest BCUT2D eigenvalue weighted by atomic mass is 10.1. The molecule has 1 aromatic rings. The van der Waals surface area contributed by atoms with Crippen molar-refractivity contribution in [3.63, 3.8) is 0 Å². The molecule has 2 atom stereocenters. The number of hydrogen-bond donors (Lipinski definition) is 2. The van der Waals surface area contributed by atoms with E-state index >= 15 is 0 Å². The zero-order valence-electron chi connectivity index (χ0n) is 11.0. The van der Waals surface area contributed by atoms with E-state index in [0.29, 0.717) is 11.6 Å². The van der Waals surface area contributed by atoms with Crippen molar-refractivity contribution in [2.45, 2.75) is 44.8 Å². The van der Waals surface area contributed by atoms with Crippen molar-refractivity contribution in [2.24, 2.45) is 0 Å². The van der Waals surface area contributed by atoms with Crippen LogP contribution in [0.5, 0.6) is 0 Å². The molecule has 0 radical (unpaired) electrons. The maximum atomic E-state index is 13.6. The van der Waals surface area contributed by atoms with E-state index in [9.17, 15) is 13.6 Å². The molecule has 104 valence electrons. The molecule has 0 unspecified atom stereocenters. The van der Waals surface area contributed by atoms with Crippen LogP contribution >= 0.6 is 0 Å². The second-order valence-electron chi connectivity index (χ2n) is 5.06. The predicted molar refractivity (Wildman–Crippen MR) is 68.5 cm³/mol. The van der Waals surface area contributed by atoms with Crippen molar-refractivity contribution in [1.82, 2.24) is 10.6 Å². The lowest BCUT2D eigenvalue weighted by molar-refractivity contribution is -0.123. The fourth-order valence-electron chi connectivity index (χ4n) is 1.95. The highest BCUT2D eigenvalue weighted by Crippen LogP contribution is 2.20. The third kappa shape index (κ3) is 3.73. The quantitative estimate of drug-likeness (QED) is 0.860. The van der Waals surface area contributed by atoms with Gasteiger partial charge in [-0.15, -0.1) is 0 Å². The Balaban J connectivity index is 1.95. The summed E-state index contributed by atoms with van der Waals surface area (Å²) in [6, 6.07) is 2.98. The molecule has 0 spiro atoms. The first-order valence-corrected chi connectivity index (χ1v) is 6.48. The lowest BCUT2D eigenvalue weighted by Crippen LogP contribution is -2.44. The Morgan fingerprint density at radius 3 is 2.58 bits per heavy atom. The van der Waals surface area contributed by atoms with E-state index in [1.807, 2.05) is 0 Å². The van der Waals surface area contributed by atoms with Crippen LogP contribution in [-0.4, -0.2) is 18.0 Å².